The predicted molar refractivity (Wildman–Crippen MR) is 122 cm³/mol. The van der Waals surface area contributed by atoms with E-state index in [2.05, 4.69) is 105 Å². The van der Waals surface area contributed by atoms with Crippen molar-refractivity contribution in [3.05, 3.63) is 123 Å². The lowest BCUT2D eigenvalue weighted by molar-refractivity contribution is -0.669. The number of hydrogen-bond acceptors (Lipinski definition) is 0. The molecule has 1 nitrogen and oxygen atoms in total. The molecule has 30 heavy (non-hydrogen) atoms. The van der Waals surface area contributed by atoms with Crippen molar-refractivity contribution in [3.63, 3.8) is 0 Å². The average molecular weight is 389 g/mol. The Hall–Kier alpha value is -3.19. The molecule has 146 valence electrons. The largest absolute Gasteiger partial charge is 0.212 e. The van der Waals surface area contributed by atoms with Crippen LogP contribution in [0.15, 0.2) is 72.8 Å². The molecule has 3 aromatic carbocycles. The van der Waals surface area contributed by atoms with Gasteiger partial charge in [0.1, 0.15) is 7.05 Å². The van der Waals surface area contributed by atoms with Gasteiger partial charge in [-0.25, -0.2) is 0 Å². The van der Waals surface area contributed by atoms with Crippen molar-refractivity contribution < 1.29 is 4.57 Å². The predicted octanol–water partition coefficient (Wildman–Crippen LogP) is 6.09. The van der Waals surface area contributed by atoms with E-state index in [1.54, 1.807) is 0 Å². The van der Waals surface area contributed by atoms with Crippen LogP contribution in [0.5, 0.6) is 0 Å². The minimum atomic E-state index is 0.300. The second kappa shape index (κ2) is 6.15. The number of benzene rings is 3. The average Bonchev–Trinajstić information content (AvgIpc) is 2.76. The maximum Gasteiger partial charge on any atom is 0.212 e. The Labute approximate surface area is 178 Å². The molecule has 3 aliphatic carbocycles. The van der Waals surface area contributed by atoms with E-state index in [4.69, 9.17) is 0 Å². The first-order chi connectivity index (χ1) is 14.6. The van der Waals surface area contributed by atoms with Gasteiger partial charge in [-0.2, -0.15) is 4.57 Å². The number of aromatic nitrogens is 1. The molecule has 0 saturated heterocycles. The minimum Gasteiger partial charge on any atom is -0.197 e. The molecule has 0 atom stereocenters. The van der Waals surface area contributed by atoms with Crippen molar-refractivity contribution in [2.75, 3.05) is 0 Å². The Morgan fingerprint density at radius 2 is 1.20 bits per heavy atom. The molecule has 7 rings (SSSR count). The summed E-state index contributed by atoms with van der Waals surface area (Å²) < 4.78 is 2.47. The van der Waals surface area contributed by atoms with Gasteiger partial charge in [-0.15, -0.1) is 0 Å². The molecule has 3 aliphatic rings. The Morgan fingerprint density at radius 1 is 0.633 bits per heavy atom. The first-order valence-electron chi connectivity index (χ1n) is 10.8. The van der Waals surface area contributed by atoms with Crippen LogP contribution in [0.25, 0.3) is 11.3 Å². The third kappa shape index (κ3) is 2.21. The van der Waals surface area contributed by atoms with Gasteiger partial charge in [0.05, 0.1) is 5.92 Å². The molecule has 4 aromatic rings. The molecule has 1 heterocycles. The lowest BCUT2D eigenvalue weighted by atomic mass is 9.62. The van der Waals surface area contributed by atoms with E-state index in [9.17, 15) is 0 Å². The summed E-state index contributed by atoms with van der Waals surface area (Å²) >= 11 is 0. The Morgan fingerprint density at radius 3 is 1.80 bits per heavy atom. The Kier molecular flexibility index (Phi) is 3.62. The fraction of sp³-hybridized carbons (Fsp3) is 0.207. The lowest BCUT2D eigenvalue weighted by Gasteiger charge is -2.39. The van der Waals surface area contributed by atoms with Gasteiger partial charge in [-0.05, 0) is 66.3 Å². The SMILES string of the molecule is Cc1cc(C)c(C)c(-c2ccc3c([n+]2C)C2c4ccccc4C3c3ccccc32)c1. The zero-order chi connectivity index (χ0) is 20.6. The Balaban J connectivity index is 1.66. The normalized spacial score (nSPS) is 18.0. The van der Waals surface area contributed by atoms with Crippen molar-refractivity contribution in [3.8, 4) is 11.3 Å². The number of nitrogens with zero attached hydrogens (tertiary/aromatic N) is 1. The fourth-order valence-electron chi connectivity index (χ4n) is 5.91. The molecule has 0 amide bonds. The first kappa shape index (κ1) is 17.7. The molecule has 0 saturated carbocycles. The van der Waals surface area contributed by atoms with Gasteiger partial charge in [0.25, 0.3) is 0 Å². The van der Waals surface area contributed by atoms with Crippen molar-refractivity contribution >= 4 is 0 Å². The molecule has 0 N–H and O–H groups in total. The second-order valence-corrected chi connectivity index (χ2v) is 9.00. The number of hydrogen-bond donors (Lipinski definition) is 0. The molecule has 0 aliphatic heterocycles. The molecule has 1 aromatic heterocycles. The summed E-state index contributed by atoms with van der Waals surface area (Å²) in [5.74, 6) is 0.631. The van der Waals surface area contributed by atoms with Gasteiger partial charge < -0.3 is 0 Å². The zero-order valence-electron chi connectivity index (χ0n) is 18.0. The van der Waals surface area contributed by atoms with Crippen LogP contribution in [0.4, 0.5) is 0 Å². The molecular formula is C29H26N+. The highest BCUT2D eigenvalue weighted by Crippen LogP contribution is 2.54. The fourth-order valence-corrected chi connectivity index (χ4v) is 5.91. The molecular weight excluding hydrogens is 362 g/mol. The topological polar surface area (TPSA) is 3.88 Å². The standard InChI is InChI=1S/C29H26N/c1-17-15-18(2)19(3)25(16-17)26-14-13-24-27-20-9-5-7-11-22(20)28(29(24)30(26)4)23-12-8-6-10-21(23)27/h5-16,27-28H,1-4H3/q+1. The van der Waals surface area contributed by atoms with E-state index in [-0.39, 0.29) is 0 Å². The summed E-state index contributed by atoms with van der Waals surface area (Å²) in [5.41, 5.74) is 15.5. The van der Waals surface area contributed by atoms with Crippen LogP contribution in [-0.4, -0.2) is 0 Å². The van der Waals surface area contributed by atoms with E-state index in [1.807, 2.05) is 0 Å². The van der Waals surface area contributed by atoms with Crippen molar-refractivity contribution in [2.24, 2.45) is 7.05 Å². The van der Waals surface area contributed by atoms with Crippen LogP contribution in [0, 0.1) is 20.8 Å². The highest BCUT2D eigenvalue weighted by Gasteiger charge is 2.46. The third-order valence-electron chi connectivity index (χ3n) is 7.35. The van der Waals surface area contributed by atoms with Crippen LogP contribution in [-0.2, 0) is 7.05 Å². The molecule has 2 bridgehead atoms. The summed E-state index contributed by atoms with van der Waals surface area (Å²) in [7, 11) is 2.26. The summed E-state index contributed by atoms with van der Waals surface area (Å²) in [4.78, 5) is 0. The number of rotatable bonds is 1. The third-order valence-corrected chi connectivity index (χ3v) is 7.35. The summed E-state index contributed by atoms with van der Waals surface area (Å²) in [6, 6.07) is 27.4. The van der Waals surface area contributed by atoms with Gasteiger partial charge in [-0.3, -0.25) is 0 Å². The van der Waals surface area contributed by atoms with Crippen molar-refractivity contribution in [2.45, 2.75) is 32.6 Å². The lowest BCUT2D eigenvalue weighted by Crippen LogP contribution is -2.44. The summed E-state index contributed by atoms with van der Waals surface area (Å²) in [6.45, 7) is 6.67. The van der Waals surface area contributed by atoms with Crippen LogP contribution in [0.2, 0.25) is 0 Å². The van der Waals surface area contributed by atoms with Gasteiger partial charge in [0, 0.05) is 23.1 Å². The Bertz CT molecular complexity index is 1300. The quantitative estimate of drug-likeness (QED) is 0.300. The van der Waals surface area contributed by atoms with E-state index in [0.717, 1.165) is 0 Å². The number of pyridine rings is 1. The smallest absolute Gasteiger partial charge is 0.197 e. The van der Waals surface area contributed by atoms with Crippen molar-refractivity contribution in [1.29, 1.82) is 0 Å². The van der Waals surface area contributed by atoms with Gasteiger partial charge in [0.2, 0.25) is 5.69 Å². The van der Waals surface area contributed by atoms with Gasteiger partial charge in [-0.1, -0.05) is 60.2 Å². The van der Waals surface area contributed by atoms with Gasteiger partial charge in [0.15, 0.2) is 5.69 Å². The van der Waals surface area contributed by atoms with Crippen molar-refractivity contribution in [1.82, 2.24) is 0 Å². The molecule has 0 spiro atoms. The van der Waals surface area contributed by atoms with Gasteiger partial charge >= 0.3 is 0 Å². The monoisotopic (exact) mass is 388 g/mol. The van der Waals surface area contributed by atoms with Crippen LogP contribution in [0.1, 0.15) is 62.0 Å². The van der Waals surface area contributed by atoms with E-state index in [0.29, 0.717) is 11.8 Å². The molecule has 1 heteroatoms. The summed E-state index contributed by atoms with van der Waals surface area (Å²) in [6.07, 6.45) is 0. The summed E-state index contributed by atoms with van der Waals surface area (Å²) in [5, 5.41) is 0. The second-order valence-electron chi connectivity index (χ2n) is 9.00. The minimum absolute atomic E-state index is 0.300. The van der Waals surface area contributed by atoms with Crippen LogP contribution < -0.4 is 4.57 Å². The molecule has 0 fully saturated rings. The first-order valence-corrected chi connectivity index (χ1v) is 10.8. The van der Waals surface area contributed by atoms with Crippen LogP contribution >= 0.6 is 0 Å². The highest BCUT2D eigenvalue weighted by atomic mass is 15.0. The van der Waals surface area contributed by atoms with E-state index >= 15 is 0 Å². The maximum atomic E-state index is 2.47. The zero-order valence-corrected chi connectivity index (χ0v) is 18.0. The van der Waals surface area contributed by atoms with E-state index in [1.165, 1.54) is 61.5 Å². The maximum absolute atomic E-state index is 2.47. The number of aryl methyl sites for hydroxylation is 2. The van der Waals surface area contributed by atoms with E-state index < -0.39 is 0 Å². The van der Waals surface area contributed by atoms with Crippen LogP contribution in [0.3, 0.4) is 0 Å². The molecule has 0 unspecified atom stereocenters. The highest BCUT2D eigenvalue weighted by molar-refractivity contribution is 5.68. The molecule has 0 radical (unpaired) electrons.